The molecule has 2 aromatic carbocycles. The van der Waals surface area contributed by atoms with E-state index in [-0.39, 0.29) is 59.5 Å². The zero-order valence-corrected chi connectivity index (χ0v) is 32.3. The summed E-state index contributed by atoms with van der Waals surface area (Å²) in [7, 11) is 2.53. The van der Waals surface area contributed by atoms with Gasteiger partial charge in [0, 0.05) is 44.3 Å². The highest BCUT2D eigenvalue weighted by Gasteiger charge is 2.46. The summed E-state index contributed by atoms with van der Waals surface area (Å²) in [5.41, 5.74) is -5.35. The maximum atomic E-state index is 14.2. The summed E-state index contributed by atoms with van der Waals surface area (Å²) in [6, 6.07) is 3.46. The van der Waals surface area contributed by atoms with Gasteiger partial charge in [-0.1, -0.05) is 19.3 Å². The van der Waals surface area contributed by atoms with E-state index >= 15 is 0 Å². The number of esters is 1. The lowest BCUT2D eigenvalue weighted by molar-refractivity contribution is -0.139. The molecule has 1 saturated carbocycles. The van der Waals surface area contributed by atoms with Crippen molar-refractivity contribution in [1.82, 2.24) is 4.90 Å². The van der Waals surface area contributed by atoms with Gasteiger partial charge in [0.25, 0.3) is 11.8 Å². The summed E-state index contributed by atoms with van der Waals surface area (Å²) in [4.78, 5) is 53.1. The van der Waals surface area contributed by atoms with Gasteiger partial charge in [0.2, 0.25) is 0 Å². The smallest absolute Gasteiger partial charge is 0.417 e. The molecule has 0 N–H and O–H groups in total. The molecule has 2 aliphatic heterocycles. The summed E-state index contributed by atoms with van der Waals surface area (Å²) >= 11 is 0. The van der Waals surface area contributed by atoms with Crippen molar-refractivity contribution in [2.24, 2.45) is 0 Å². The van der Waals surface area contributed by atoms with E-state index in [0.29, 0.717) is 13.0 Å². The number of fused-ring (bicyclic) bond motifs is 2. The van der Waals surface area contributed by atoms with E-state index in [4.69, 9.17) is 14.2 Å². The second-order valence-electron chi connectivity index (χ2n) is 15.1. The minimum absolute atomic E-state index is 0.0421. The van der Waals surface area contributed by atoms with E-state index in [1.165, 1.54) is 45.8 Å². The maximum Gasteiger partial charge on any atom is 0.417 e. The molecule has 10 nitrogen and oxygen atoms in total. The van der Waals surface area contributed by atoms with Crippen molar-refractivity contribution in [3.8, 4) is 11.5 Å². The molecule has 2 amide bonds. The summed E-state index contributed by atoms with van der Waals surface area (Å²) in [5, 5.41) is 0. The Labute approximate surface area is 316 Å². The number of hydrogen-bond donors (Lipinski definition) is 0. The highest BCUT2D eigenvalue weighted by molar-refractivity contribution is 6.05. The number of halogens is 6. The molecule has 0 unspecified atom stereocenters. The molecule has 0 saturated heterocycles. The molecule has 3 aliphatic rings. The lowest BCUT2D eigenvalue weighted by atomic mass is 9.90. The number of ether oxygens (including phenoxy) is 4. The third kappa shape index (κ3) is 9.55. The van der Waals surface area contributed by atoms with Crippen LogP contribution in [0.3, 0.4) is 0 Å². The Balaban J connectivity index is 0.000000274. The van der Waals surface area contributed by atoms with E-state index < -0.39 is 57.7 Å². The molecule has 55 heavy (non-hydrogen) atoms. The predicted molar refractivity (Wildman–Crippen MR) is 189 cm³/mol. The van der Waals surface area contributed by atoms with Gasteiger partial charge in [-0.15, -0.1) is 0 Å². The van der Waals surface area contributed by atoms with Crippen molar-refractivity contribution in [1.29, 1.82) is 0 Å². The number of ketones is 1. The Morgan fingerprint density at radius 2 is 1.42 bits per heavy atom. The Kier molecular flexibility index (Phi) is 12.9. The average Bonchev–Trinajstić information content (AvgIpc) is 3.08. The second kappa shape index (κ2) is 16.4. The molecule has 0 aromatic heterocycles. The average molecular weight is 787 g/mol. The van der Waals surface area contributed by atoms with E-state index in [2.05, 4.69) is 4.74 Å². The van der Waals surface area contributed by atoms with Crippen LogP contribution in [-0.4, -0.2) is 79.1 Å². The van der Waals surface area contributed by atoms with Crippen LogP contribution in [0, 0.1) is 0 Å². The molecule has 16 heteroatoms. The zero-order valence-electron chi connectivity index (χ0n) is 32.3. The first-order chi connectivity index (χ1) is 25.4. The van der Waals surface area contributed by atoms with Crippen LogP contribution < -0.4 is 14.4 Å². The number of methoxy groups -OCH3 is 2. The highest BCUT2D eigenvalue weighted by atomic mass is 19.4. The van der Waals surface area contributed by atoms with E-state index in [1.54, 1.807) is 4.90 Å². The summed E-state index contributed by atoms with van der Waals surface area (Å²) in [6.07, 6.45) is -4.59. The molecule has 2 heterocycles. The summed E-state index contributed by atoms with van der Waals surface area (Å²) in [6.45, 7) is 10.3. The van der Waals surface area contributed by atoms with Crippen molar-refractivity contribution < 1.29 is 64.5 Å². The maximum absolute atomic E-state index is 14.2. The van der Waals surface area contributed by atoms with E-state index in [1.807, 2.05) is 13.8 Å². The highest BCUT2D eigenvalue weighted by Crippen LogP contribution is 2.45. The molecular weight excluding hydrogens is 738 g/mol. The van der Waals surface area contributed by atoms with Crippen molar-refractivity contribution >= 4 is 29.3 Å². The van der Waals surface area contributed by atoms with E-state index in [0.717, 1.165) is 57.4 Å². The molecule has 1 fully saturated rings. The molecular formula is C39H48F6N2O8. The van der Waals surface area contributed by atoms with Crippen LogP contribution in [0.1, 0.15) is 117 Å². The van der Waals surface area contributed by atoms with Crippen molar-refractivity contribution in [2.75, 3.05) is 32.3 Å². The fourth-order valence-corrected chi connectivity index (χ4v) is 7.02. The molecule has 1 aliphatic carbocycles. The minimum atomic E-state index is -4.76. The van der Waals surface area contributed by atoms with E-state index in [9.17, 15) is 45.5 Å². The first-order valence-electron chi connectivity index (χ1n) is 18.1. The van der Waals surface area contributed by atoms with Crippen molar-refractivity contribution in [3.63, 3.8) is 0 Å². The third-order valence-electron chi connectivity index (χ3n) is 9.84. The molecule has 0 atom stereocenters. The fourth-order valence-electron chi connectivity index (χ4n) is 7.02. The van der Waals surface area contributed by atoms with Gasteiger partial charge in [-0.2, -0.15) is 26.3 Å². The van der Waals surface area contributed by atoms with Crippen LogP contribution in [0.15, 0.2) is 24.3 Å². The molecule has 5 rings (SSSR count). The van der Waals surface area contributed by atoms with Gasteiger partial charge in [0.15, 0.2) is 17.0 Å². The largest absolute Gasteiger partial charge is 0.480 e. The lowest BCUT2D eigenvalue weighted by Crippen LogP contribution is -2.53. The van der Waals surface area contributed by atoms with Crippen LogP contribution in [-0.2, 0) is 37.8 Å². The van der Waals surface area contributed by atoms with Gasteiger partial charge in [-0.3, -0.25) is 14.4 Å². The van der Waals surface area contributed by atoms with Crippen molar-refractivity contribution in [3.05, 3.63) is 52.1 Å². The Bertz CT molecular complexity index is 1780. The SMILES string of the molecule is COC(=O)c1cc2c(cc1C(F)(F)F)OC(C)(C)C(=O)C2.COCCCN1C(=O)C(C)(C)Oc2cc(C(F)(F)F)c(C(=O)N(C(C)C)C3CCCCC3)cc21. The Hall–Kier alpha value is -4.34. The first-order valence-corrected chi connectivity index (χ1v) is 18.1. The Morgan fingerprint density at radius 1 is 0.855 bits per heavy atom. The zero-order chi connectivity index (χ0) is 41.3. The number of anilines is 1. The van der Waals surface area contributed by atoms with Gasteiger partial charge < -0.3 is 28.7 Å². The number of nitrogens with zero attached hydrogens (tertiary/aromatic N) is 2. The Morgan fingerprint density at radius 3 is 1.96 bits per heavy atom. The number of benzene rings is 2. The van der Waals surface area contributed by atoms with Crippen molar-refractivity contribution in [2.45, 2.75) is 122 Å². The number of hydrogen-bond acceptors (Lipinski definition) is 8. The molecule has 0 bridgehead atoms. The number of rotatable bonds is 8. The van der Waals surface area contributed by atoms with Crippen LogP contribution in [0.25, 0.3) is 0 Å². The normalized spacial score (nSPS) is 18.0. The standard InChI is InChI=1S/C25H35F3N2O4.C14H13F3O4/c1-16(2)30(17-10-7-6-8-11-17)22(31)18-14-20-21(15-19(18)25(26,27)28)34-24(3,4)23(32)29(20)12-9-13-33-5;1-13(2)11(18)5-7-4-8(12(19)20-3)9(14(15,16)17)6-10(7)21-13/h14-17H,6-13H2,1-5H3;4,6H,5H2,1-3H3. The van der Waals surface area contributed by atoms with Crippen LogP contribution in [0.5, 0.6) is 11.5 Å². The van der Waals surface area contributed by atoms with Gasteiger partial charge in [-0.05, 0) is 85.1 Å². The van der Waals surface area contributed by atoms with Crippen LogP contribution in [0.4, 0.5) is 32.0 Å². The molecule has 2 aromatic rings. The van der Waals surface area contributed by atoms with Crippen LogP contribution >= 0.6 is 0 Å². The topological polar surface area (TPSA) is 112 Å². The molecule has 0 spiro atoms. The lowest BCUT2D eigenvalue weighted by Gasteiger charge is -2.40. The predicted octanol–water partition coefficient (Wildman–Crippen LogP) is 8.20. The number of carbonyl (C=O) groups is 4. The molecule has 0 radical (unpaired) electrons. The fraction of sp³-hybridized carbons (Fsp3) is 0.590. The number of Topliss-reactive ketones (excluding diaryl/α,β-unsaturated/α-hetero) is 1. The first kappa shape index (κ1) is 43.4. The summed E-state index contributed by atoms with van der Waals surface area (Å²) in [5.74, 6) is -2.51. The monoisotopic (exact) mass is 786 g/mol. The van der Waals surface area contributed by atoms with Gasteiger partial charge in [-0.25, -0.2) is 4.79 Å². The van der Waals surface area contributed by atoms with Crippen LogP contribution in [0.2, 0.25) is 0 Å². The quantitative estimate of drug-likeness (QED) is 0.150. The minimum Gasteiger partial charge on any atom is -0.480 e. The third-order valence-corrected chi connectivity index (χ3v) is 9.84. The second-order valence-corrected chi connectivity index (χ2v) is 15.1. The van der Waals surface area contributed by atoms with Gasteiger partial charge in [0.1, 0.15) is 11.5 Å². The van der Waals surface area contributed by atoms with Gasteiger partial charge in [0.05, 0.1) is 35.1 Å². The van der Waals surface area contributed by atoms with Gasteiger partial charge >= 0.3 is 18.3 Å². The summed E-state index contributed by atoms with van der Waals surface area (Å²) < 4.78 is 102. The number of carbonyl (C=O) groups excluding carboxylic acids is 4. The molecule has 304 valence electrons. The number of alkyl halides is 6. The number of amides is 2.